The number of methoxy groups -OCH3 is 6. The molecule has 0 fully saturated rings. The maximum atomic E-state index is 14.3. The third-order valence-corrected chi connectivity index (χ3v) is 15.8. The van der Waals surface area contributed by atoms with Gasteiger partial charge in [0.2, 0.25) is 47.3 Å². The molecule has 8 amide bonds. The Hall–Kier alpha value is -7.76. The fourth-order valence-electron chi connectivity index (χ4n) is 10.4. The number of primary amides is 1. The lowest BCUT2D eigenvalue weighted by molar-refractivity contribution is -0.278. The second-order valence-corrected chi connectivity index (χ2v) is 24.6. The summed E-state index contributed by atoms with van der Waals surface area (Å²) < 4.78 is 33.1. The van der Waals surface area contributed by atoms with Gasteiger partial charge >= 0.3 is 0 Å². The van der Waals surface area contributed by atoms with E-state index in [1.807, 2.05) is 24.3 Å². The lowest BCUT2D eigenvalue weighted by Gasteiger charge is -2.44. The molecular formula is C68H104N12O15. The van der Waals surface area contributed by atoms with E-state index in [9.17, 15) is 38.4 Å². The number of carbonyl (C=O) groups excluding carboxylic acids is 8. The van der Waals surface area contributed by atoms with Crippen LogP contribution in [0.25, 0.3) is 0 Å². The van der Waals surface area contributed by atoms with E-state index in [-0.39, 0.29) is 115 Å². The molecular weight excluding hydrogens is 1220 g/mol. The number of aromatic nitrogens is 3. The predicted octanol–water partition coefficient (Wildman–Crippen LogP) is 3.67. The van der Waals surface area contributed by atoms with Gasteiger partial charge in [-0.2, -0.15) is 5.06 Å². The van der Waals surface area contributed by atoms with E-state index in [1.165, 1.54) is 84.5 Å². The van der Waals surface area contributed by atoms with Crippen LogP contribution in [0.2, 0.25) is 0 Å². The maximum Gasteiger partial charge on any atom is 0.242 e. The van der Waals surface area contributed by atoms with E-state index in [4.69, 9.17) is 39.0 Å². The summed E-state index contributed by atoms with van der Waals surface area (Å²) in [4.78, 5) is 125. The van der Waals surface area contributed by atoms with Gasteiger partial charge in [-0.25, -0.2) is 4.68 Å². The zero-order valence-electron chi connectivity index (χ0n) is 58.1. The fraction of sp³-hybridized carbons (Fsp3) is 0.588. The first kappa shape index (κ1) is 79.7. The highest BCUT2D eigenvalue weighted by Gasteiger charge is 2.37. The highest BCUT2D eigenvalue weighted by atomic mass is 16.7. The molecule has 3 aromatic carbocycles. The van der Waals surface area contributed by atoms with E-state index in [2.05, 4.69) is 118 Å². The van der Waals surface area contributed by atoms with Crippen LogP contribution in [0.4, 0.5) is 0 Å². The Balaban J connectivity index is 1.46. The van der Waals surface area contributed by atoms with Crippen LogP contribution in [-0.2, 0) is 84.7 Å². The summed E-state index contributed by atoms with van der Waals surface area (Å²) in [5.74, 6) is -4.58. The number of amides is 8. The molecule has 526 valence electrons. The number of hydroxylamine groups is 2. The van der Waals surface area contributed by atoms with Crippen LogP contribution >= 0.6 is 0 Å². The summed E-state index contributed by atoms with van der Waals surface area (Å²) in [6.45, 7) is 11.3. The second-order valence-electron chi connectivity index (χ2n) is 24.6. The smallest absolute Gasteiger partial charge is 0.242 e. The summed E-state index contributed by atoms with van der Waals surface area (Å²) >= 11 is 0. The number of nitrogens with two attached hydrogens (primary N) is 1. The monoisotopic (exact) mass is 1330 g/mol. The molecule has 4 aromatic rings. The van der Waals surface area contributed by atoms with E-state index in [0.717, 1.165) is 28.0 Å². The van der Waals surface area contributed by atoms with E-state index in [0.29, 0.717) is 12.2 Å². The number of carbonyl (C=O) groups is 8. The van der Waals surface area contributed by atoms with Gasteiger partial charge in [0.15, 0.2) is 0 Å². The van der Waals surface area contributed by atoms with Gasteiger partial charge in [-0.15, -0.1) is 5.10 Å². The number of hydrogen-bond donors (Lipinski definition) is 1. The molecule has 2 N–H and O–H groups in total. The van der Waals surface area contributed by atoms with E-state index < -0.39 is 93.1 Å². The van der Waals surface area contributed by atoms with Crippen molar-refractivity contribution >= 4 is 47.3 Å². The van der Waals surface area contributed by atoms with Crippen LogP contribution in [0.1, 0.15) is 101 Å². The second kappa shape index (κ2) is 41.9. The molecule has 0 saturated carbocycles. The Kier molecular flexibility index (Phi) is 35.2. The van der Waals surface area contributed by atoms with Crippen molar-refractivity contribution in [2.45, 2.75) is 91.6 Å². The number of nitrogens with zero attached hydrogens (tertiary/aromatic N) is 11. The Morgan fingerprint density at radius 2 is 0.842 bits per heavy atom. The Morgan fingerprint density at radius 1 is 0.484 bits per heavy atom. The molecule has 0 bridgehead atoms. The first-order chi connectivity index (χ1) is 45.4. The van der Waals surface area contributed by atoms with Crippen molar-refractivity contribution in [3.8, 4) is 0 Å². The molecule has 1 aromatic heterocycles. The van der Waals surface area contributed by atoms with Crippen molar-refractivity contribution in [1.29, 1.82) is 0 Å². The first-order valence-corrected chi connectivity index (χ1v) is 32.1. The average molecular weight is 1330 g/mol. The van der Waals surface area contributed by atoms with Crippen molar-refractivity contribution < 1.29 is 71.6 Å². The van der Waals surface area contributed by atoms with Crippen molar-refractivity contribution in [3.63, 3.8) is 0 Å². The van der Waals surface area contributed by atoms with Gasteiger partial charge in [0, 0.05) is 94.4 Å². The van der Waals surface area contributed by atoms with Gasteiger partial charge in [-0.3, -0.25) is 43.2 Å². The van der Waals surface area contributed by atoms with E-state index in [1.54, 1.807) is 10.9 Å². The van der Waals surface area contributed by atoms with Gasteiger partial charge in [0.25, 0.3) is 0 Å². The highest BCUT2D eigenvalue weighted by molar-refractivity contribution is 5.93. The lowest BCUT2D eigenvalue weighted by Crippen LogP contribution is -2.53. The zero-order valence-corrected chi connectivity index (χ0v) is 58.1. The molecule has 4 rings (SSSR count). The van der Waals surface area contributed by atoms with Crippen LogP contribution < -0.4 is 5.73 Å². The van der Waals surface area contributed by atoms with Crippen LogP contribution in [0.15, 0.2) is 91.1 Å². The average Bonchev–Trinajstić information content (AvgIpc) is 1.24. The molecule has 1 heterocycles. The van der Waals surface area contributed by atoms with Crippen molar-refractivity contribution in [1.82, 2.24) is 54.4 Å². The quantitative estimate of drug-likeness (QED) is 0.0618. The van der Waals surface area contributed by atoms with Crippen LogP contribution in [0, 0.1) is 5.92 Å². The summed E-state index contributed by atoms with van der Waals surface area (Å²) in [7, 11) is 8.54. The fourth-order valence-corrected chi connectivity index (χ4v) is 10.4. The molecule has 0 saturated heterocycles. The molecule has 3 unspecified atom stereocenters. The minimum absolute atomic E-state index is 0.00357. The standard InChI is InChI=1S/C68H104N12O15/c1-51(2)67(57-22-18-15-19-23-57)80(68(5,6)7)95-59(56-20-16-14-17-21-56)40-52(3)55-26-24-54(25-27-55)41-79-43-58(70-71-79)42-78(53(4)81)50-66(88)77(33-39-94-13)49-65(87)76(32-38-93-12)48-64(86)75(31-37-92-11)47-63(85)74(30-36-91-10)46-62(84)73(29-35-90-9)45-61(83)72(28-34-89-8)44-60(69)82/h14-27,43,51-52,59,67H,28-42,44-50H2,1-13H3,(H2,69,82). The molecule has 0 aliphatic rings. The molecule has 0 spiro atoms. The molecule has 0 aliphatic heterocycles. The van der Waals surface area contributed by atoms with Crippen LogP contribution in [0.3, 0.4) is 0 Å². The van der Waals surface area contributed by atoms with Crippen molar-refractivity contribution in [2.24, 2.45) is 11.7 Å². The predicted molar refractivity (Wildman–Crippen MR) is 356 cm³/mol. The van der Waals surface area contributed by atoms with Crippen LogP contribution in [-0.4, -0.2) is 275 Å². The SMILES string of the molecule is COCCN(CC(N)=O)C(=O)CN(CCOC)C(=O)CN(CCOC)C(=O)CN(CCOC)C(=O)CN(CCOC)C(=O)CN(CCOC)C(=O)CN(Cc1cn(Cc2ccc(C(C)CC(ON(C(c3ccccc3)C(C)C)C(C)(C)C)c3ccccc3)cc2)nn1)C(C)=O. The van der Waals surface area contributed by atoms with Gasteiger partial charge in [-0.1, -0.05) is 111 Å². The molecule has 3 atom stereocenters. The number of hydrogen-bond acceptors (Lipinski definition) is 18. The van der Waals surface area contributed by atoms with Gasteiger partial charge in [0.1, 0.15) is 18.3 Å². The van der Waals surface area contributed by atoms with Gasteiger partial charge in [0.05, 0.1) is 104 Å². The largest absolute Gasteiger partial charge is 0.383 e. The summed E-state index contributed by atoms with van der Waals surface area (Å²) in [6, 6.07) is 29.3. The third kappa shape index (κ3) is 27.5. The Bertz CT molecular complexity index is 2970. The molecule has 95 heavy (non-hydrogen) atoms. The molecule has 27 heteroatoms. The number of benzene rings is 3. The summed E-state index contributed by atoms with van der Waals surface area (Å²) in [6.07, 6.45) is 2.20. The van der Waals surface area contributed by atoms with E-state index >= 15 is 0 Å². The highest BCUT2D eigenvalue weighted by Crippen LogP contribution is 2.40. The molecule has 0 radical (unpaired) electrons. The Morgan fingerprint density at radius 3 is 1.18 bits per heavy atom. The number of rotatable bonds is 45. The topological polar surface area (TPSA) is 284 Å². The normalized spacial score (nSPS) is 12.5. The van der Waals surface area contributed by atoms with Crippen molar-refractivity contribution in [3.05, 3.63) is 119 Å². The van der Waals surface area contributed by atoms with Crippen LogP contribution in [0.5, 0.6) is 0 Å². The molecule has 27 nitrogen and oxygen atoms in total. The van der Waals surface area contributed by atoms with Gasteiger partial charge in [-0.05, 0) is 61.3 Å². The number of ether oxygens (including phenoxy) is 6. The summed E-state index contributed by atoms with van der Waals surface area (Å²) in [5.41, 5.74) is 9.91. The zero-order chi connectivity index (χ0) is 70.0. The third-order valence-electron chi connectivity index (χ3n) is 15.8. The molecule has 0 aliphatic carbocycles. The van der Waals surface area contributed by atoms with Gasteiger partial charge < -0.3 is 68.5 Å². The maximum absolute atomic E-state index is 14.3. The minimum Gasteiger partial charge on any atom is -0.383 e. The lowest BCUT2D eigenvalue weighted by atomic mass is 9.91. The summed E-state index contributed by atoms with van der Waals surface area (Å²) in [5, 5.41) is 10.9. The first-order valence-electron chi connectivity index (χ1n) is 32.1. The van der Waals surface area contributed by atoms with Crippen molar-refractivity contribution in [2.75, 3.05) is 167 Å². The minimum atomic E-state index is -0.762. The Labute approximate surface area is 560 Å².